The van der Waals surface area contributed by atoms with Crippen LogP contribution in [0.5, 0.6) is 0 Å². The molecule has 0 amide bonds. The van der Waals surface area contributed by atoms with E-state index in [1.54, 1.807) is 0 Å². The zero-order valence-corrected chi connectivity index (χ0v) is 31.7. The van der Waals surface area contributed by atoms with Crippen molar-refractivity contribution in [3.63, 3.8) is 0 Å². The van der Waals surface area contributed by atoms with Gasteiger partial charge < -0.3 is 15.0 Å². The normalized spacial score (nSPS) is 20.1. The Kier molecular flexibility index (Phi) is 12.0. The number of carbonyl (C=O) groups is 3. The summed E-state index contributed by atoms with van der Waals surface area (Å²) in [6.07, 6.45) is 12.6. The van der Waals surface area contributed by atoms with Gasteiger partial charge in [-0.15, -0.1) is 0 Å². The summed E-state index contributed by atoms with van der Waals surface area (Å²) in [6, 6.07) is 19.2. The highest BCUT2D eigenvalue weighted by molar-refractivity contribution is 6.12. The standard InChI is InChI=1S/C44H55N3O4/c1-8-28-46(33-18-11-10-12-19-33)38(43(3,4)5)26-22-31-16-15-17-32(41(31)45-30-40(50)51-42-36(48)24-25-37(42)49)23-27-39-44(6,7)34-20-13-14-21-35(34)47(39)29-9-2/h10-14,18-23,26-27,42H,8-9,15-17,24-25,28-30H2,1-7H3/p+1/b32-23+,39-27-. The molecule has 7 nitrogen and oxygen atoms in total. The first-order chi connectivity index (χ1) is 24.4. The van der Waals surface area contributed by atoms with Gasteiger partial charge in [0.15, 0.2) is 17.3 Å². The number of ketones is 2. The molecule has 0 radical (unpaired) electrons. The maximum atomic E-state index is 13.1. The number of anilines is 1. The lowest BCUT2D eigenvalue weighted by Crippen LogP contribution is -2.34. The van der Waals surface area contributed by atoms with Crippen LogP contribution in [-0.4, -0.2) is 53.6 Å². The molecule has 0 saturated heterocycles. The number of hydrogen-bond acceptors (Lipinski definition) is 6. The molecule has 1 aliphatic heterocycles. The molecule has 2 aromatic carbocycles. The Labute approximate surface area is 304 Å². The number of carbonyl (C=O) groups excluding carboxylic acids is 3. The molecule has 2 aromatic rings. The van der Waals surface area contributed by atoms with Crippen molar-refractivity contribution >= 4 is 34.6 Å². The largest absolute Gasteiger partial charge is 0.445 e. The molecule has 3 aliphatic rings. The lowest BCUT2D eigenvalue weighted by atomic mass is 9.83. The number of nitrogens with one attached hydrogen (secondary N) is 1. The monoisotopic (exact) mass is 690 g/mol. The van der Waals surface area contributed by atoms with Gasteiger partial charge in [-0.05, 0) is 54.5 Å². The van der Waals surface area contributed by atoms with E-state index in [9.17, 15) is 14.4 Å². The molecule has 51 heavy (non-hydrogen) atoms. The Bertz CT molecular complexity index is 1770. The number of Topliss-reactive ketones (excluding diaryl/α,β-unsaturated/α-hetero) is 2. The van der Waals surface area contributed by atoms with Gasteiger partial charge in [0.05, 0.1) is 0 Å². The summed E-state index contributed by atoms with van der Waals surface area (Å²) in [5.41, 5.74) is 9.02. The van der Waals surface area contributed by atoms with Gasteiger partial charge in [-0.3, -0.25) is 14.4 Å². The van der Waals surface area contributed by atoms with Crippen LogP contribution in [0.2, 0.25) is 0 Å². The molecule has 1 heterocycles. The first kappa shape index (κ1) is 37.7. The number of hydrogen-bond donors (Lipinski definition) is 1. The lowest BCUT2D eigenvalue weighted by Gasteiger charge is -2.27. The highest BCUT2D eigenvalue weighted by Gasteiger charge is 2.39. The van der Waals surface area contributed by atoms with Gasteiger partial charge in [-0.1, -0.05) is 97.0 Å². The second-order valence-corrected chi connectivity index (χ2v) is 15.4. The number of allylic oxidation sites excluding steroid dienone is 7. The molecule has 1 N–H and O–H groups in total. The molecular formula is C44H56N3O4+. The molecule has 270 valence electrons. The number of esters is 1. The van der Waals surface area contributed by atoms with Crippen molar-refractivity contribution in [1.29, 1.82) is 0 Å². The molecule has 0 spiro atoms. The van der Waals surface area contributed by atoms with Crippen LogP contribution < -0.4 is 10.2 Å². The van der Waals surface area contributed by atoms with Crippen LogP contribution in [-0.2, 0) is 24.5 Å². The molecule has 5 rings (SSSR count). The van der Waals surface area contributed by atoms with Crippen LogP contribution in [0.4, 0.5) is 11.4 Å². The third kappa shape index (κ3) is 8.52. The Morgan fingerprint density at radius 1 is 0.941 bits per heavy atom. The summed E-state index contributed by atoms with van der Waals surface area (Å²) in [6.45, 7) is 17.4. The van der Waals surface area contributed by atoms with E-state index >= 15 is 0 Å². The van der Waals surface area contributed by atoms with E-state index in [1.165, 1.54) is 22.7 Å². The minimum Gasteiger partial charge on any atom is -0.445 e. The molecule has 2 aliphatic carbocycles. The molecule has 0 bridgehead atoms. The second kappa shape index (κ2) is 16.2. The predicted octanol–water partition coefficient (Wildman–Crippen LogP) is 8.67. The van der Waals surface area contributed by atoms with Crippen molar-refractivity contribution < 1.29 is 23.7 Å². The topological polar surface area (TPSA) is 78.7 Å². The fourth-order valence-corrected chi connectivity index (χ4v) is 7.57. The number of ether oxygens (including phenoxy) is 1. The fraction of sp³-hybridized carbons (Fsp3) is 0.455. The minimum absolute atomic E-state index is 0.131. The number of para-hydroxylation sites is 2. The van der Waals surface area contributed by atoms with Gasteiger partial charge in [0, 0.05) is 71.9 Å². The third-order valence-corrected chi connectivity index (χ3v) is 10.1. The van der Waals surface area contributed by atoms with Crippen LogP contribution in [0, 0.1) is 5.41 Å². The highest BCUT2D eigenvalue weighted by atomic mass is 16.6. The number of rotatable bonds is 12. The molecule has 1 saturated carbocycles. The smallest absolute Gasteiger partial charge is 0.326 e. The van der Waals surface area contributed by atoms with Crippen LogP contribution >= 0.6 is 0 Å². The van der Waals surface area contributed by atoms with E-state index in [1.807, 2.05) is 6.07 Å². The Morgan fingerprint density at radius 2 is 1.63 bits per heavy atom. The van der Waals surface area contributed by atoms with Gasteiger partial charge in [-0.25, -0.2) is 0 Å². The van der Waals surface area contributed by atoms with Crippen molar-refractivity contribution in [2.45, 2.75) is 105 Å². The number of fused-ring (bicyclic) bond motifs is 1. The average molecular weight is 691 g/mol. The predicted molar refractivity (Wildman–Crippen MR) is 206 cm³/mol. The van der Waals surface area contributed by atoms with Crippen LogP contribution in [0.3, 0.4) is 0 Å². The Morgan fingerprint density at radius 3 is 2.29 bits per heavy atom. The van der Waals surface area contributed by atoms with Crippen molar-refractivity contribution in [2.24, 2.45) is 5.41 Å². The summed E-state index contributed by atoms with van der Waals surface area (Å²) >= 11 is 0. The van der Waals surface area contributed by atoms with E-state index < -0.39 is 12.1 Å². The second-order valence-electron chi connectivity index (χ2n) is 15.4. The molecule has 0 atom stereocenters. The molecular weight excluding hydrogens is 635 g/mol. The van der Waals surface area contributed by atoms with E-state index in [0.29, 0.717) is 0 Å². The lowest BCUT2D eigenvalue weighted by molar-refractivity contribution is -0.443. The van der Waals surface area contributed by atoms with Crippen molar-refractivity contribution in [3.8, 4) is 0 Å². The number of nitrogens with zero attached hydrogens (tertiary/aromatic N) is 2. The van der Waals surface area contributed by atoms with Crippen LogP contribution in [0.1, 0.15) is 99.0 Å². The summed E-state index contributed by atoms with van der Waals surface area (Å²) < 4.78 is 7.81. The van der Waals surface area contributed by atoms with Crippen molar-refractivity contribution in [1.82, 2.24) is 5.32 Å². The van der Waals surface area contributed by atoms with Gasteiger partial charge in [0.25, 0.3) is 0 Å². The molecule has 0 unspecified atom stereocenters. The molecule has 1 fully saturated rings. The zero-order chi connectivity index (χ0) is 36.8. The van der Waals surface area contributed by atoms with Gasteiger partial charge in [-0.2, -0.15) is 4.58 Å². The Hall–Kier alpha value is -4.52. The summed E-state index contributed by atoms with van der Waals surface area (Å²) in [5, 5.41) is 3.42. The maximum Gasteiger partial charge on any atom is 0.326 e. The average Bonchev–Trinajstić information content (AvgIpc) is 3.53. The van der Waals surface area contributed by atoms with Crippen LogP contribution in [0.25, 0.3) is 0 Å². The van der Waals surface area contributed by atoms with E-state index in [4.69, 9.17) is 4.74 Å². The van der Waals surface area contributed by atoms with Gasteiger partial charge in [0.2, 0.25) is 11.8 Å². The quantitative estimate of drug-likeness (QED) is 0.104. The van der Waals surface area contributed by atoms with Crippen molar-refractivity contribution in [3.05, 3.63) is 107 Å². The van der Waals surface area contributed by atoms with E-state index in [-0.39, 0.29) is 41.8 Å². The Balaban J connectivity index is 1.57. The summed E-state index contributed by atoms with van der Waals surface area (Å²) in [5.74, 6) is -1.25. The minimum atomic E-state index is -1.28. The fourth-order valence-electron chi connectivity index (χ4n) is 7.57. The van der Waals surface area contributed by atoms with Gasteiger partial charge >= 0.3 is 5.97 Å². The zero-order valence-electron chi connectivity index (χ0n) is 31.7. The van der Waals surface area contributed by atoms with Crippen molar-refractivity contribution in [2.75, 3.05) is 24.5 Å². The van der Waals surface area contributed by atoms with Crippen LogP contribution in [0.15, 0.2) is 101 Å². The summed E-state index contributed by atoms with van der Waals surface area (Å²) in [7, 11) is 0. The first-order valence-electron chi connectivity index (χ1n) is 18.8. The summed E-state index contributed by atoms with van der Waals surface area (Å²) in [4.78, 5) is 40.0. The van der Waals surface area contributed by atoms with Gasteiger partial charge in [0.1, 0.15) is 13.1 Å². The first-order valence-corrected chi connectivity index (χ1v) is 18.8. The molecule has 7 heteroatoms. The van der Waals surface area contributed by atoms with E-state index in [0.717, 1.165) is 67.7 Å². The highest BCUT2D eigenvalue weighted by Crippen LogP contribution is 2.47. The number of benzene rings is 2. The molecule has 0 aromatic heterocycles. The maximum absolute atomic E-state index is 13.1. The van der Waals surface area contributed by atoms with E-state index in [2.05, 4.69) is 136 Å². The SMILES string of the molecule is CCCN1/C(=C\C=C2/CCCC(/C=C/C(=[N+](CCC)c3ccccc3)C(C)(C)C)=C2NCC(=O)OC2C(=O)CCC2=O)C(C)(C)c2ccccc21. The third-order valence-electron chi connectivity index (χ3n) is 10.1.